The highest BCUT2D eigenvalue weighted by Gasteiger charge is 2.52. The standard InChI is InChI=1S/C17H20BNO3S/c1-16(2)17(3,4)22-18(21-16)13-7-5-6-8-14(13)19-15(20)12-9-10-23-11-12/h5-11H,1-4H3,(H,19,20). The summed E-state index contributed by atoms with van der Waals surface area (Å²) in [7, 11) is -0.501. The monoisotopic (exact) mass is 329 g/mol. The molecular formula is C17H20BNO3S. The number of carbonyl (C=O) groups excluding carboxylic acids is 1. The van der Waals surface area contributed by atoms with Crippen molar-refractivity contribution in [2.75, 3.05) is 5.32 Å². The van der Waals surface area contributed by atoms with Gasteiger partial charge in [0.2, 0.25) is 0 Å². The number of carbonyl (C=O) groups is 1. The largest absolute Gasteiger partial charge is 0.496 e. The first-order valence-corrected chi connectivity index (χ1v) is 8.52. The number of amides is 1. The van der Waals surface area contributed by atoms with Crippen molar-refractivity contribution >= 4 is 35.5 Å². The molecule has 0 unspecified atom stereocenters. The van der Waals surface area contributed by atoms with Crippen LogP contribution in [0, 0.1) is 0 Å². The average Bonchev–Trinajstić information content (AvgIpc) is 3.06. The van der Waals surface area contributed by atoms with Crippen molar-refractivity contribution in [2.24, 2.45) is 0 Å². The molecule has 1 aromatic heterocycles. The highest BCUT2D eigenvalue weighted by molar-refractivity contribution is 7.08. The zero-order valence-corrected chi connectivity index (χ0v) is 14.6. The van der Waals surface area contributed by atoms with Crippen molar-refractivity contribution in [1.29, 1.82) is 0 Å². The van der Waals surface area contributed by atoms with Crippen LogP contribution < -0.4 is 10.8 Å². The van der Waals surface area contributed by atoms with Gasteiger partial charge in [-0.15, -0.1) is 0 Å². The molecule has 0 spiro atoms. The topological polar surface area (TPSA) is 47.6 Å². The van der Waals surface area contributed by atoms with E-state index in [0.29, 0.717) is 11.3 Å². The average molecular weight is 329 g/mol. The maximum atomic E-state index is 12.3. The number of para-hydroxylation sites is 1. The second-order valence-corrected chi connectivity index (χ2v) is 7.42. The Morgan fingerprint density at radius 3 is 2.35 bits per heavy atom. The molecule has 1 aliphatic heterocycles. The smallest absolute Gasteiger partial charge is 0.399 e. The van der Waals surface area contributed by atoms with Crippen LogP contribution in [0.5, 0.6) is 0 Å². The molecule has 6 heteroatoms. The van der Waals surface area contributed by atoms with Crippen LogP contribution in [0.4, 0.5) is 5.69 Å². The van der Waals surface area contributed by atoms with Crippen molar-refractivity contribution in [2.45, 2.75) is 38.9 Å². The molecular weight excluding hydrogens is 309 g/mol. The third-order valence-corrected chi connectivity index (χ3v) is 5.18. The quantitative estimate of drug-likeness (QED) is 0.879. The summed E-state index contributed by atoms with van der Waals surface area (Å²) in [5, 5.41) is 6.66. The molecule has 0 bridgehead atoms. The predicted molar refractivity (Wildman–Crippen MR) is 94.4 cm³/mol. The lowest BCUT2D eigenvalue weighted by Gasteiger charge is -2.32. The lowest BCUT2D eigenvalue weighted by atomic mass is 9.78. The van der Waals surface area contributed by atoms with E-state index in [1.165, 1.54) is 11.3 Å². The first-order valence-electron chi connectivity index (χ1n) is 7.58. The van der Waals surface area contributed by atoms with Gasteiger partial charge < -0.3 is 14.6 Å². The number of thiophene rings is 1. The maximum Gasteiger partial charge on any atom is 0.496 e. The van der Waals surface area contributed by atoms with Crippen LogP contribution in [0.25, 0.3) is 0 Å². The summed E-state index contributed by atoms with van der Waals surface area (Å²) in [6.07, 6.45) is 0. The van der Waals surface area contributed by atoms with E-state index < -0.39 is 18.3 Å². The molecule has 23 heavy (non-hydrogen) atoms. The maximum absolute atomic E-state index is 12.3. The molecule has 0 saturated carbocycles. The molecule has 1 fully saturated rings. The molecule has 2 heterocycles. The number of rotatable bonds is 3. The number of anilines is 1. The Morgan fingerprint density at radius 2 is 1.74 bits per heavy atom. The van der Waals surface area contributed by atoms with Gasteiger partial charge in [-0.2, -0.15) is 11.3 Å². The van der Waals surface area contributed by atoms with Crippen molar-refractivity contribution < 1.29 is 14.1 Å². The van der Waals surface area contributed by atoms with Crippen molar-refractivity contribution in [3.05, 3.63) is 46.7 Å². The zero-order chi connectivity index (χ0) is 16.7. The van der Waals surface area contributed by atoms with Gasteiger partial charge in [0.1, 0.15) is 0 Å². The van der Waals surface area contributed by atoms with Crippen molar-refractivity contribution in [3.8, 4) is 0 Å². The second kappa shape index (κ2) is 5.78. The van der Waals surface area contributed by atoms with E-state index in [4.69, 9.17) is 9.31 Å². The van der Waals surface area contributed by atoms with Gasteiger partial charge >= 0.3 is 7.12 Å². The fourth-order valence-corrected chi connectivity index (χ4v) is 3.01. The zero-order valence-electron chi connectivity index (χ0n) is 13.8. The fourth-order valence-electron chi connectivity index (χ4n) is 2.37. The van der Waals surface area contributed by atoms with Crippen molar-refractivity contribution in [1.82, 2.24) is 0 Å². The van der Waals surface area contributed by atoms with E-state index in [1.807, 2.05) is 62.7 Å². The fraction of sp³-hybridized carbons (Fsp3) is 0.353. The van der Waals surface area contributed by atoms with Crippen LogP contribution in [0.1, 0.15) is 38.1 Å². The van der Waals surface area contributed by atoms with Crippen LogP contribution in [-0.2, 0) is 9.31 Å². The van der Waals surface area contributed by atoms with E-state index in [-0.39, 0.29) is 5.91 Å². The molecule has 120 valence electrons. The van der Waals surface area contributed by atoms with Crippen LogP contribution in [0.2, 0.25) is 0 Å². The highest BCUT2D eigenvalue weighted by Crippen LogP contribution is 2.37. The molecule has 3 rings (SSSR count). The molecule has 0 atom stereocenters. The summed E-state index contributed by atoms with van der Waals surface area (Å²) < 4.78 is 12.2. The van der Waals surface area contributed by atoms with Crippen LogP contribution in [-0.4, -0.2) is 24.2 Å². The molecule has 1 saturated heterocycles. The number of benzene rings is 1. The number of nitrogens with one attached hydrogen (secondary N) is 1. The predicted octanol–water partition coefficient (Wildman–Crippen LogP) is 3.30. The van der Waals surface area contributed by atoms with E-state index in [1.54, 1.807) is 6.07 Å². The Kier molecular flexibility index (Phi) is 4.08. The minimum Gasteiger partial charge on any atom is -0.399 e. The lowest BCUT2D eigenvalue weighted by Crippen LogP contribution is -2.41. The number of hydrogen-bond acceptors (Lipinski definition) is 4. The molecule has 1 aliphatic rings. The summed E-state index contributed by atoms with van der Waals surface area (Å²) in [5.41, 5.74) is 1.36. The summed E-state index contributed by atoms with van der Waals surface area (Å²) >= 11 is 1.50. The Morgan fingerprint density at radius 1 is 1.09 bits per heavy atom. The molecule has 4 nitrogen and oxygen atoms in total. The number of hydrogen-bond donors (Lipinski definition) is 1. The third-order valence-electron chi connectivity index (χ3n) is 4.50. The minimum absolute atomic E-state index is 0.129. The SMILES string of the molecule is CC1(C)OB(c2ccccc2NC(=O)c2ccsc2)OC1(C)C. The van der Waals surface area contributed by atoms with Gasteiger partial charge in [0.15, 0.2) is 0 Å². The summed E-state index contributed by atoms with van der Waals surface area (Å²) in [5.74, 6) is -0.129. The van der Waals surface area contributed by atoms with Crippen LogP contribution in [0.15, 0.2) is 41.1 Å². The molecule has 0 radical (unpaired) electrons. The van der Waals surface area contributed by atoms with Crippen LogP contribution in [0.3, 0.4) is 0 Å². The van der Waals surface area contributed by atoms with E-state index in [9.17, 15) is 4.79 Å². The molecule has 0 aliphatic carbocycles. The summed E-state index contributed by atoms with van der Waals surface area (Å²) in [4.78, 5) is 12.3. The normalized spacial score (nSPS) is 18.9. The van der Waals surface area contributed by atoms with Gasteiger partial charge in [0.25, 0.3) is 5.91 Å². The lowest BCUT2D eigenvalue weighted by molar-refractivity contribution is 0.00578. The van der Waals surface area contributed by atoms with E-state index in [2.05, 4.69) is 5.32 Å². The highest BCUT2D eigenvalue weighted by atomic mass is 32.1. The van der Waals surface area contributed by atoms with E-state index >= 15 is 0 Å². The Balaban J connectivity index is 1.86. The van der Waals surface area contributed by atoms with Gasteiger partial charge in [0.05, 0.1) is 16.8 Å². The van der Waals surface area contributed by atoms with Gasteiger partial charge in [-0.1, -0.05) is 18.2 Å². The molecule has 2 aromatic rings. The van der Waals surface area contributed by atoms with Crippen LogP contribution >= 0.6 is 11.3 Å². The second-order valence-electron chi connectivity index (χ2n) is 6.64. The molecule has 1 amide bonds. The summed E-state index contributed by atoms with van der Waals surface area (Å²) in [6, 6.07) is 9.39. The van der Waals surface area contributed by atoms with Gasteiger partial charge in [0, 0.05) is 16.5 Å². The molecule has 1 N–H and O–H groups in total. The first-order chi connectivity index (χ1) is 10.8. The Bertz CT molecular complexity index is 696. The van der Waals surface area contributed by atoms with Crippen molar-refractivity contribution in [3.63, 3.8) is 0 Å². The Labute approximate surface area is 141 Å². The van der Waals surface area contributed by atoms with Gasteiger partial charge in [-0.3, -0.25) is 4.79 Å². The first kappa shape index (κ1) is 16.2. The van der Waals surface area contributed by atoms with E-state index in [0.717, 1.165) is 5.46 Å². The van der Waals surface area contributed by atoms with Gasteiger partial charge in [-0.25, -0.2) is 0 Å². The summed E-state index contributed by atoms with van der Waals surface area (Å²) in [6.45, 7) is 8.05. The van der Waals surface area contributed by atoms with Gasteiger partial charge in [-0.05, 0) is 45.2 Å². The molecule has 1 aromatic carbocycles. The Hall–Kier alpha value is -1.63. The third kappa shape index (κ3) is 3.07. The minimum atomic E-state index is -0.501.